The molecule has 0 amide bonds. The van der Waals surface area contributed by atoms with Crippen LogP contribution >= 0.6 is 11.8 Å². The van der Waals surface area contributed by atoms with Crippen molar-refractivity contribution < 1.29 is 0 Å². The SMILES string of the molecule is C=CSC(=C)c1ncc(C)[nH]1. The van der Waals surface area contributed by atoms with Gasteiger partial charge in [0.15, 0.2) is 0 Å². The van der Waals surface area contributed by atoms with Gasteiger partial charge in [0.25, 0.3) is 0 Å². The number of nitrogens with zero attached hydrogens (tertiary/aromatic N) is 1. The summed E-state index contributed by atoms with van der Waals surface area (Å²) in [6.45, 7) is 9.38. The van der Waals surface area contributed by atoms with Gasteiger partial charge in [-0.2, -0.15) is 0 Å². The van der Waals surface area contributed by atoms with E-state index in [0.717, 1.165) is 16.4 Å². The zero-order valence-corrected chi connectivity index (χ0v) is 7.24. The van der Waals surface area contributed by atoms with Crippen LogP contribution in [-0.4, -0.2) is 9.97 Å². The summed E-state index contributed by atoms with van der Waals surface area (Å²) in [6, 6.07) is 0. The van der Waals surface area contributed by atoms with Gasteiger partial charge < -0.3 is 4.98 Å². The van der Waals surface area contributed by atoms with Crippen LogP contribution in [-0.2, 0) is 0 Å². The van der Waals surface area contributed by atoms with E-state index in [0.29, 0.717) is 0 Å². The Morgan fingerprint density at radius 3 is 3.00 bits per heavy atom. The lowest BCUT2D eigenvalue weighted by Gasteiger charge is -1.94. The summed E-state index contributed by atoms with van der Waals surface area (Å²) in [5, 5.41) is 1.74. The lowest BCUT2D eigenvalue weighted by atomic mass is 10.6. The Balaban J connectivity index is 2.76. The summed E-state index contributed by atoms with van der Waals surface area (Å²) < 4.78 is 0. The van der Waals surface area contributed by atoms with Gasteiger partial charge in [0, 0.05) is 16.8 Å². The Bertz CT molecular complexity index is 275. The molecule has 0 fully saturated rings. The predicted octanol–water partition coefficient (Wildman–Crippen LogP) is 2.57. The van der Waals surface area contributed by atoms with Crippen LogP contribution in [0.15, 0.2) is 24.8 Å². The van der Waals surface area contributed by atoms with Crippen LogP contribution in [0.1, 0.15) is 11.5 Å². The zero-order valence-electron chi connectivity index (χ0n) is 6.42. The maximum atomic E-state index is 4.11. The number of aromatic nitrogens is 2. The number of thioether (sulfide) groups is 1. The summed E-state index contributed by atoms with van der Waals surface area (Å²) in [5.41, 5.74) is 1.05. The molecule has 0 saturated heterocycles. The molecule has 0 saturated carbocycles. The highest BCUT2D eigenvalue weighted by Crippen LogP contribution is 2.22. The van der Waals surface area contributed by atoms with Crippen molar-refractivity contribution in [1.29, 1.82) is 0 Å². The Hall–Kier alpha value is -0.960. The second-order valence-corrected chi connectivity index (χ2v) is 3.18. The van der Waals surface area contributed by atoms with Gasteiger partial charge in [-0.05, 0) is 12.3 Å². The van der Waals surface area contributed by atoms with E-state index in [4.69, 9.17) is 0 Å². The zero-order chi connectivity index (χ0) is 8.27. The minimum absolute atomic E-state index is 0.826. The van der Waals surface area contributed by atoms with E-state index < -0.39 is 0 Å². The second-order valence-electron chi connectivity index (χ2n) is 2.12. The van der Waals surface area contributed by atoms with E-state index in [2.05, 4.69) is 23.1 Å². The third kappa shape index (κ3) is 1.98. The van der Waals surface area contributed by atoms with E-state index in [1.807, 2.05) is 6.92 Å². The molecule has 0 radical (unpaired) electrons. The van der Waals surface area contributed by atoms with E-state index in [1.165, 1.54) is 11.8 Å². The molecule has 0 atom stereocenters. The molecular formula is C8H10N2S. The number of hydrogen-bond acceptors (Lipinski definition) is 2. The Kier molecular flexibility index (Phi) is 2.54. The summed E-state index contributed by atoms with van der Waals surface area (Å²) in [5.74, 6) is 0.826. The first-order valence-electron chi connectivity index (χ1n) is 3.22. The molecule has 0 spiro atoms. The summed E-state index contributed by atoms with van der Waals surface area (Å²) in [7, 11) is 0. The minimum atomic E-state index is 0.826. The van der Waals surface area contributed by atoms with Crippen molar-refractivity contribution in [1.82, 2.24) is 9.97 Å². The first-order chi connectivity index (χ1) is 5.24. The first kappa shape index (κ1) is 8.14. The van der Waals surface area contributed by atoms with Crippen molar-refractivity contribution >= 4 is 16.7 Å². The number of aromatic amines is 1. The highest BCUT2D eigenvalue weighted by molar-refractivity contribution is 8.10. The van der Waals surface area contributed by atoms with E-state index in [9.17, 15) is 0 Å². The molecular weight excluding hydrogens is 156 g/mol. The first-order valence-corrected chi connectivity index (χ1v) is 4.10. The molecule has 58 valence electrons. The van der Waals surface area contributed by atoms with Crippen LogP contribution in [0.3, 0.4) is 0 Å². The van der Waals surface area contributed by atoms with Gasteiger partial charge in [0.2, 0.25) is 0 Å². The molecule has 0 aliphatic carbocycles. The number of imidazole rings is 1. The normalized spacial score (nSPS) is 9.55. The van der Waals surface area contributed by atoms with Crippen LogP contribution in [0.2, 0.25) is 0 Å². The van der Waals surface area contributed by atoms with E-state index >= 15 is 0 Å². The third-order valence-electron chi connectivity index (χ3n) is 1.19. The second kappa shape index (κ2) is 3.44. The molecule has 1 heterocycles. The Morgan fingerprint density at radius 1 is 1.82 bits per heavy atom. The molecule has 11 heavy (non-hydrogen) atoms. The summed E-state index contributed by atoms with van der Waals surface area (Å²) >= 11 is 1.47. The van der Waals surface area contributed by atoms with Crippen molar-refractivity contribution in [2.45, 2.75) is 6.92 Å². The predicted molar refractivity (Wildman–Crippen MR) is 50.1 cm³/mol. The fraction of sp³-hybridized carbons (Fsp3) is 0.125. The van der Waals surface area contributed by atoms with Crippen molar-refractivity contribution in [3.8, 4) is 0 Å². The van der Waals surface area contributed by atoms with Gasteiger partial charge >= 0.3 is 0 Å². The maximum absolute atomic E-state index is 4.11. The van der Waals surface area contributed by atoms with Crippen molar-refractivity contribution in [3.05, 3.63) is 36.3 Å². The molecule has 0 aromatic carbocycles. The van der Waals surface area contributed by atoms with Crippen LogP contribution in [0.5, 0.6) is 0 Å². The number of rotatable bonds is 3. The quantitative estimate of drug-likeness (QED) is 0.747. The third-order valence-corrected chi connectivity index (χ3v) is 1.84. The van der Waals surface area contributed by atoms with Crippen LogP contribution in [0.25, 0.3) is 4.91 Å². The largest absolute Gasteiger partial charge is 0.342 e. The van der Waals surface area contributed by atoms with Gasteiger partial charge in [0.05, 0.1) is 0 Å². The Labute approximate surface area is 70.4 Å². The molecule has 0 aliphatic rings. The molecule has 1 N–H and O–H groups in total. The molecule has 1 aromatic rings. The monoisotopic (exact) mass is 166 g/mol. The summed E-state index contributed by atoms with van der Waals surface area (Å²) in [4.78, 5) is 8.09. The molecule has 3 heteroatoms. The van der Waals surface area contributed by atoms with Gasteiger partial charge in [-0.1, -0.05) is 24.9 Å². The number of nitrogens with one attached hydrogen (secondary N) is 1. The van der Waals surface area contributed by atoms with Gasteiger partial charge in [-0.25, -0.2) is 4.98 Å². The van der Waals surface area contributed by atoms with Gasteiger partial charge in [0.1, 0.15) is 5.82 Å². The van der Waals surface area contributed by atoms with E-state index in [1.54, 1.807) is 11.6 Å². The van der Waals surface area contributed by atoms with Crippen molar-refractivity contribution in [2.75, 3.05) is 0 Å². The highest BCUT2D eigenvalue weighted by atomic mass is 32.2. The van der Waals surface area contributed by atoms with Gasteiger partial charge in [-0.3, -0.25) is 0 Å². The molecule has 0 aliphatic heterocycles. The number of aryl methyl sites for hydroxylation is 1. The molecule has 1 rings (SSSR count). The standard InChI is InChI=1S/C8H10N2S/c1-4-11-7(3)8-9-5-6(2)10-8/h4-5H,1,3H2,2H3,(H,9,10). The fourth-order valence-electron chi connectivity index (χ4n) is 0.711. The molecule has 0 unspecified atom stereocenters. The van der Waals surface area contributed by atoms with E-state index in [-0.39, 0.29) is 0 Å². The van der Waals surface area contributed by atoms with Crippen LogP contribution in [0.4, 0.5) is 0 Å². The van der Waals surface area contributed by atoms with Crippen molar-refractivity contribution in [2.24, 2.45) is 0 Å². The van der Waals surface area contributed by atoms with Gasteiger partial charge in [-0.15, -0.1) is 0 Å². The van der Waals surface area contributed by atoms with Crippen LogP contribution in [0, 0.1) is 6.92 Å². The molecule has 1 aromatic heterocycles. The maximum Gasteiger partial charge on any atom is 0.143 e. The smallest absolute Gasteiger partial charge is 0.143 e. The average molecular weight is 166 g/mol. The lowest BCUT2D eigenvalue weighted by molar-refractivity contribution is 1.22. The topological polar surface area (TPSA) is 28.7 Å². The number of H-pyrrole nitrogens is 1. The van der Waals surface area contributed by atoms with Crippen LogP contribution < -0.4 is 0 Å². The lowest BCUT2D eigenvalue weighted by Crippen LogP contribution is -1.79. The van der Waals surface area contributed by atoms with Crippen molar-refractivity contribution in [3.63, 3.8) is 0 Å². The molecule has 0 bridgehead atoms. The highest BCUT2D eigenvalue weighted by Gasteiger charge is 1.99. The minimum Gasteiger partial charge on any atom is -0.342 e. The fourth-order valence-corrected chi connectivity index (χ4v) is 1.13. The Morgan fingerprint density at radius 2 is 2.55 bits per heavy atom. The average Bonchev–Trinajstić information content (AvgIpc) is 2.36. The molecule has 2 nitrogen and oxygen atoms in total. The summed E-state index contributed by atoms with van der Waals surface area (Å²) in [6.07, 6.45) is 1.78. The number of hydrogen-bond donors (Lipinski definition) is 1.